The minimum Gasteiger partial charge on any atom is -0.282 e. The third kappa shape index (κ3) is 4.49. The Morgan fingerprint density at radius 1 is 0.424 bits per heavy atom. The van der Waals surface area contributed by atoms with Crippen LogP contribution in [0.2, 0.25) is 0 Å². The Bertz CT molecular complexity index is 1350. The molecule has 0 heterocycles. The molecule has 0 saturated carbocycles. The van der Waals surface area contributed by atoms with Crippen LogP contribution in [0, 0.1) is 0 Å². The van der Waals surface area contributed by atoms with Crippen LogP contribution in [0.5, 0.6) is 0 Å². The predicted molar refractivity (Wildman–Crippen MR) is 131 cm³/mol. The Morgan fingerprint density at radius 3 is 0.970 bits per heavy atom. The van der Waals surface area contributed by atoms with Crippen molar-refractivity contribution in [2.75, 3.05) is 0 Å². The van der Waals surface area contributed by atoms with Gasteiger partial charge in [0.15, 0.2) is 0 Å². The van der Waals surface area contributed by atoms with Crippen molar-refractivity contribution in [3.63, 3.8) is 0 Å². The SMILES string of the molecule is O=S(=O)(O)c1ccc([P+](c2ccccc2)(c2ccccc2)c2ccc(S(=O)(=O)O)cc2)cc1. The van der Waals surface area contributed by atoms with Gasteiger partial charge in [-0.3, -0.25) is 9.11 Å². The second-order valence-corrected chi connectivity index (χ2v) is 13.5. The molecule has 9 heteroatoms. The molecule has 33 heavy (non-hydrogen) atoms. The van der Waals surface area contributed by atoms with E-state index in [4.69, 9.17) is 0 Å². The lowest BCUT2D eigenvalue weighted by Gasteiger charge is -2.27. The Hall–Kier alpha value is -2.87. The molecule has 4 aromatic carbocycles. The fourth-order valence-electron chi connectivity index (χ4n) is 3.88. The van der Waals surface area contributed by atoms with Crippen LogP contribution in [0.4, 0.5) is 0 Å². The molecular formula is C24H20O6PS2+. The molecular weight excluding hydrogens is 479 g/mol. The van der Waals surface area contributed by atoms with Crippen molar-refractivity contribution in [1.82, 2.24) is 0 Å². The number of hydrogen-bond acceptors (Lipinski definition) is 4. The molecule has 0 spiro atoms. The maximum atomic E-state index is 11.6. The van der Waals surface area contributed by atoms with E-state index in [1.807, 2.05) is 60.7 Å². The number of hydrogen-bond donors (Lipinski definition) is 2. The first-order valence-corrected chi connectivity index (χ1v) is 14.5. The van der Waals surface area contributed by atoms with Gasteiger partial charge in [0, 0.05) is 0 Å². The number of rotatable bonds is 6. The van der Waals surface area contributed by atoms with Crippen LogP contribution >= 0.6 is 7.26 Å². The van der Waals surface area contributed by atoms with Crippen molar-refractivity contribution in [2.45, 2.75) is 9.79 Å². The lowest BCUT2D eigenvalue weighted by Crippen LogP contribution is -2.38. The highest BCUT2D eigenvalue weighted by Crippen LogP contribution is 2.54. The van der Waals surface area contributed by atoms with Gasteiger partial charge in [0.2, 0.25) is 0 Å². The monoisotopic (exact) mass is 499 g/mol. The molecule has 168 valence electrons. The van der Waals surface area contributed by atoms with E-state index in [2.05, 4.69) is 0 Å². The van der Waals surface area contributed by atoms with Gasteiger partial charge in [-0.15, -0.1) is 0 Å². The van der Waals surface area contributed by atoms with Crippen molar-refractivity contribution in [2.24, 2.45) is 0 Å². The molecule has 4 rings (SSSR count). The second-order valence-electron chi connectivity index (χ2n) is 7.28. The summed E-state index contributed by atoms with van der Waals surface area (Å²) < 4.78 is 65.4. The molecule has 0 aliphatic heterocycles. The smallest absolute Gasteiger partial charge is 0.282 e. The van der Waals surface area contributed by atoms with Crippen molar-refractivity contribution >= 4 is 48.7 Å². The first-order valence-electron chi connectivity index (χ1n) is 9.80. The standard InChI is InChI=1S/C24H19O6PS2/c25-32(26,27)23-15-11-21(12-16-23)31(19-7-3-1-4-8-19,20-9-5-2-6-10-20)22-13-17-24(18-14-22)33(28,29)30/h1-18H,(H-,25,26,27,28,29,30)/p+1. The molecule has 0 fully saturated rings. The third-order valence-electron chi connectivity index (χ3n) is 5.33. The maximum absolute atomic E-state index is 11.6. The third-order valence-corrected chi connectivity index (χ3v) is 11.4. The van der Waals surface area contributed by atoms with Gasteiger partial charge in [0.25, 0.3) is 20.2 Å². The summed E-state index contributed by atoms with van der Waals surface area (Å²) in [5.41, 5.74) is 0. The van der Waals surface area contributed by atoms with Crippen LogP contribution in [-0.2, 0) is 20.2 Å². The molecule has 6 nitrogen and oxygen atoms in total. The van der Waals surface area contributed by atoms with Crippen LogP contribution in [-0.4, -0.2) is 25.9 Å². The van der Waals surface area contributed by atoms with Gasteiger partial charge in [-0.25, -0.2) is 0 Å². The topological polar surface area (TPSA) is 109 Å². The summed E-state index contributed by atoms with van der Waals surface area (Å²) in [4.78, 5) is -0.431. The van der Waals surface area contributed by atoms with Gasteiger partial charge in [-0.2, -0.15) is 16.8 Å². The van der Waals surface area contributed by atoms with Crippen LogP contribution in [0.3, 0.4) is 0 Å². The van der Waals surface area contributed by atoms with Gasteiger partial charge in [0.1, 0.15) is 28.5 Å². The molecule has 0 atom stereocenters. The molecule has 4 aromatic rings. The Kier molecular flexibility index (Phi) is 6.22. The van der Waals surface area contributed by atoms with Crippen LogP contribution in [0.15, 0.2) is 119 Å². The molecule has 0 radical (unpaired) electrons. The largest absolute Gasteiger partial charge is 0.294 e. The molecule has 2 N–H and O–H groups in total. The van der Waals surface area contributed by atoms with Gasteiger partial charge in [-0.05, 0) is 72.8 Å². The summed E-state index contributed by atoms with van der Waals surface area (Å²) in [6, 6.07) is 31.5. The van der Waals surface area contributed by atoms with Crippen molar-refractivity contribution in [3.05, 3.63) is 109 Å². The summed E-state index contributed by atoms with van der Waals surface area (Å²) in [5.74, 6) is 0. The van der Waals surface area contributed by atoms with Crippen molar-refractivity contribution in [1.29, 1.82) is 0 Å². The van der Waals surface area contributed by atoms with Gasteiger partial charge in [0.05, 0.1) is 9.79 Å². The zero-order valence-corrected chi connectivity index (χ0v) is 19.7. The van der Waals surface area contributed by atoms with E-state index in [1.54, 1.807) is 24.3 Å². The van der Waals surface area contributed by atoms with E-state index in [0.717, 1.165) is 21.2 Å². The quantitative estimate of drug-likeness (QED) is 0.312. The predicted octanol–water partition coefficient (Wildman–Crippen LogP) is 2.80. The highest BCUT2D eigenvalue weighted by Gasteiger charge is 2.48. The van der Waals surface area contributed by atoms with Gasteiger partial charge in [-0.1, -0.05) is 36.4 Å². The fourth-order valence-corrected chi connectivity index (χ4v) is 9.06. The summed E-state index contributed by atoms with van der Waals surface area (Å²) in [7, 11) is -11.3. The molecule has 0 saturated heterocycles. The van der Waals surface area contributed by atoms with Crippen molar-refractivity contribution in [3.8, 4) is 0 Å². The van der Waals surface area contributed by atoms with E-state index >= 15 is 0 Å². The summed E-state index contributed by atoms with van der Waals surface area (Å²) in [5, 5.41) is 3.56. The zero-order chi connectivity index (χ0) is 23.7. The Morgan fingerprint density at radius 2 is 0.697 bits per heavy atom. The molecule has 0 unspecified atom stereocenters. The highest BCUT2D eigenvalue weighted by molar-refractivity contribution is 8.01. The van der Waals surface area contributed by atoms with E-state index in [0.29, 0.717) is 0 Å². The Labute approximate surface area is 193 Å². The normalized spacial score (nSPS) is 12.4. The average molecular weight is 500 g/mol. The lowest BCUT2D eigenvalue weighted by atomic mass is 10.3. The zero-order valence-electron chi connectivity index (χ0n) is 17.2. The number of benzene rings is 4. The minimum absolute atomic E-state index is 0.216. The minimum atomic E-state index is -4.36. The van der Waals surface area contributed by atoms with Crippen LogP contribution in [0.1, 0.15) is 0 Å². The van der Waals surface area contributed by atoms with Crippen LogP contribution in [0.25, 0.3) is 0 Å². The van der Waals surface area contributed by atoms with E-state index in [1.165, 1.54) is 24.3 Å². The van der Waals surface area contributed by atoms with E-state index in [9.17, 15) is 25.9 Å². The average Bonchev–Trinajstić information content (AvgIpc) is 2.81. The maximum Gasteiger partial charge on any atom is 0.294 e. The first kappa shape index (κ1) is 23.3. The molecule has 0 bridgehead atoms. The summed E-state index contributed by atoms with van der Waals surface area (Å²) >= 11 is 0. The first-order chi connectivity index (χ1) is 15.6. The van der Waals surface area contributed by atoms with E-state index in [-0.39, 0.29) is 9.79 Å². The van der Waals surface area contributed by atoms with Gasteiger partial charge < -0.3 is 0 Å². The molecule has 0 aliphatic carbocycles. The molecule has 0 amide bonds. The molecule has 0 aromatic heterocycles. The Balaban J connectivity index is 2.08. The van der Waals surface area contributed by atoms with E-state index < -0.39 is 27.5 Å². The highest BCUT2D eigenvalue weighted by atomic mass is 32.2. The summed E-state index contributed by atoms with van der Waals surface area (Å²) in [6.07, 6.45) is 0. The van der Waals surface area contributed by atoms with Crippen molar-refractivity contribution < 1.29 is 25.9 Å². The lowest BCUT2D eigenvalue weighted by molar-refractivity contribution is 0.481. The van der Waals surface area contributed by atoms with Gasteiger partial charge >= 0.3 is 0 Å². The second kappa shape index (κ2) is 8.82. The fraction of sp³-hybridized carbons (Fsp3) is 0. The van der Waals surface area contributed by atoms with Crippen LogP contribution < -0.4 is 21.2 Å². The molecule has 0 aliphatic rings. The summed E-state index contributed by atoms with van der Waals surface area (Å²) in [6.45, 7) is 0.